The Hall–Kier alpha value is -4.23. The van der Waals surface area contributed by atoms with E-state index < -0.39 is 11.5 Å². The number of benzene rings is 2. The minimum absolute atomic E-state index is 0.0407. The highest BCUT2D eigenvalue weighted by Crippen LogP contribution is 2.36. The van der Waals surface area contributed by atoms with E-state index in [1.165, 1.54) is 5.56 Å². The van der Waals surface area contributed by atoms with Crippen LogP contribution in [0.5, 0.6) is 0 Å². The molecule has 0 bridgehead atoms. The van der Waals surface area contributed by atoms with Crippen LogP contribution in [-0.4, -0.2) is 102 Å². The van der Waals surface area contributed by atoms with E-state index >= 15 is 0 Å². The second-order valence-corrected chi connectivity index (χ2v) is 14.8. The number of carbonyl (C=O) groups is 5. The molecule has 0 saturated carbocycles. The fraction of sp³-hybridized carbons (Fsp3) is 0.538. The Labute approximate surface area is 310 Å². The Morgan fingerprint density at radius 2 is 1.60 bits per heavy atom. The highest BCUT2D eigenvalue weighted by atomic mass is 32.2. The van der Waals surface area contributed by atoms with E-state index in [4.69, 9.17) is 4.74 Å². The lowest BCUT2D eigenvalue weighted by molar-refractivity contribution is -0.154. The minimum atomic E-state index is -1.14. The van der Waals surface area contributed by atoms with Crippen LogP contribution in [0.1, 0.15) is 70.3 Å². The number of ether oxygens (including phenoxy) is 1. The van der Waals surface area contributed by atoms with Crippen molar-refractivity contribution >= 4 is 52.9 Å². The van der Waals surface area contributed by atoms with Crippen LogP contribution in [0.25, 0.3) is 0 Å². The van der Waals surface area contributed by atoms with Gasteiger partial charge in [-0.2, -0.15) is 4.99 Å². The van der Waals surface area contributed by atoms with E-state index in [1.807, 2.05) is 48.5 Å². The number of rotatable bonds is 19. The van der Waals surface area contributed by atoms with Gasteiger partial charge in [0, 0.05) is 68.7 Å². The molecule has 52 heavy (non-hydrogen) atoms. The number of amides is 5. The first-order valence-electron chi connectivity index (χ1n) is 18.6. The summed E-state index contributed by atoms with van der Waals surface area (Å²) < 4.78 is 5.84. The molecule has 2 aromatic carbocycles. The molecule has 3 N–H and O–H groups in total. The highest BCUT2D eigenvalue weighted by Gasteiger charge is 2.50. The largest absolute Gasteiger partial charge is 0.464 e. The molecule has 280 valence electrons. The molecule has 0 aromatic heterocycles. The molecule has 2 aromatic rings. The number of carbonyl (C=O) groups excluding carboxylic acids is 5. The summed E-state index contributed by atoms with van der Waals surface area (Å²) in [7, 11) is 0. The molecule has 2 saturated heterocycles. The lowest BCUT2D eigenvalue weighted by Crippen LogP contribution is -2.63. The Morgan fingerprint density at radius 3 is 2.27 bits per heavy atom. The van der Waals surface area contributed by atoms with Gasteiger partial charge in [-0.05, 0) is 56.2 Å². The number of nitrogens with zero attached hydrogens (tertiary/aromatic N) is 3. The van der Waals surface area contributed by atoms with Crippen molar-refractivity contribution in [2.24, 2.45) is 4.99 Å². The van der Waals surface area contributed by atoms with E-state index in [0.717, 1.165) is 43.7 Å². The summed E-state index contributed by atoms with van der Waals surface area (Å²) in [5.41, 5.74) is 1.73. The zero-order valence-electron chi connectivity index (χ0n) is 30.1. The number of hydrogen-bond donors (Lipinski definition) is 3. The van der Waals surface area contributed by atoms with Crippen molar-refractivity contribution in [3.63, 3.8) is 0 Å². The number of likely N-dealkylation sites (tertiary alicyclic amines) is 1. The molecule has 12 nitrogen and oxygen atoms in total. The van der Waals surface area contributed by atoms with Gasteiger partial charge in [0.05, 0.1) is 18.4 Å². The third kappa shape index (κ3) is 10.7. The van der Waals surface area contributed by atoms with Crippen molar-refractivity contribution in [3.8, 4) is 0 Å². The summed E-state index contributed by atoms with van der Waals surface area (Å²) in [6, 6.07) is 19.4. The molecule has 5 rings (SSSR count). The van der Waals surface area contributed by atoms with Gasteiger partial charge in [-0.1, -0.05) is 61.9 Å². The second kappa shape index (κ2) is 19.6. The fourth-order valence-corrected chi connectivity index (χ4v) is 8.50. The Kier molecular flexibility index (Phi) is 14.7. The number of urea groups is 1. The van der Waals surface area contributed by atoms with Crippen molar-refractivity contribution in [1.29, 1.82) is 0 Å². The van der Waals surface area contributed by atoms with E-state index in [0.29, 0.717) is 62.8 Å². The number of piperidine rings is 1. The van der Waals surface area contributed by atoms with Crippen LogP contribution >= 0.6 is 11.8 Å². The quantitative estimate of drug-likeness (QED) is 0.143. The first-order chi connectivity index (χ1) is 25.3. The maximum Gasteiger partial charge on any atom is 0.341 e. The lowest BCUT2D eigenvalue weighted by Gasteiger charge is -2.46. The van der Waals surface area contributed by atoms with Gasteiger partial charge in [0.15, 0.2) is 0 Å². The molecular weight excluding hydrogens is 681 g/mol. The zero-order valence-corrected chi connectivity index (χ0v) is 31.0. The van der Waals surface area contributed by atoms with Crippen LogP contribution in [0.2, 0.25) is 0 Å². The standard InChI is InChI=1S/C39H52N6O6S/c1-2-35(48)45(30-14-7-4-8-15-30)39(20-25-44(26-21-39)24-19-29-12-5-3-6-13-29)37(49)51-27-11-18-34(47)41-23-22-40-33(46)17-10-9-16-32-36-31(28-52-32)42-38(50)43-36/h3-8,12-15,32,36H,2,9-11,16-28H2,1H3,(H,40,46)(H,41,47)(H,43,50)/t32-,36-/m0/s1. The average molecular weight is 733 g/mol. The van der Waals surface area contributed by atoms with E-state index in [2.05, 4.69) is 38.0 Å². The van der Waals surface area contributed by atoms with Gasteiger partial charge in [-0.25, -0.2) is 9.59 Å². The first kappa shape index (κ1) is 39.0. The lowest BCUT2D eigenvalue weighted by atomic mass is 9.84. The van der Waals surface area contributed by atoms with Crippen LogP contribution in [0.15, 0.2) is 65.7 Å². The van der Waals surface area contributed by atoms with Crippen molar-refractivity contribution in [2.75, 3.05) is 50.0 Å². The van der Waals surface area contributed by atoms with Gasteiger partial charge in [0.1, 0.15) is 5.54 Å². The number of esters is 1. The molecule has 0 aliphatic carbocycles. The molecule has 13 heteroatoms. The summed E-state index contributed by atoms with van der Waals surface area (Å²) in [6.07, 6.45) is 5.54. The Bertz CT molecular complexity index is 1550. The molecule has 2 atom stereocenters. The molecule has 0 radical (unpaired) electrons. The molecular formula is C39H52N6O6S. The van der Waals surface area contributed by atoms with Gasteiger partial charge in [0.25, 0.3) is 0 Å². The maximum absolute atomic E-state index is 14.0. The number of thioether (sulfide) groups is 1. The molecule has 3 aliphatic heterocycles. The number of aliphatic imine (C=N–C) groups is 1. The highest BCUT2D eigenvalue weighted by molar-refractivity contribution is 8.01. The number of fused-ring (bicyclic) bond motifs is 1. The Morgan fingerprint density at radius 1 is 0.942 bits per heavy atom. The Balaban J connectivity index is 1.01. The first-order valence-corrected chi connectivity index (χ1v) is 19.7. The fourth-order valence-electron chi connectivity index (χ4n) is 7.12. The van der Waals surface area contributed by atoms with Gasteiger partial charge < -0.3 is 25.6 Å². The predicted octanol–water partition coefficient (Wildman–Crippen LogP) is 4.27. The maximum atomic E-state index is 14.0. The normalized spacial score (nSPS) is 19.2. The van der Waals surface area contributed by atoms with Crippen molar-refractivity contribution in [3.05, 3.63) is 66.2 Å². The second-order valence-electron chi connectivity index (χ2n) is 13.6. The van der Waals surface area contributed by atoms with Crippen LogP contribution in [-0.2, 0) is 30.3 Å². The third-order valence-electron chi connectivity index (χ3n) is 10.0. The smallest absolute Gasteiger partial charge is 0.341 e. The van der Waals surface area contributed by atoms with E-state index in [9.17, 15) is 24.0 Å². The average Bonchev–Trinajstić information content (AvgIpc) is 3.73. The van der Waals surface area contributed by atoms with Crippen molar-refractivity contribution < 1.29 is 28.7 Å². The van der Waals surface area contributed by atoms with Gasteiger partial charge in [-0.15, -0.1) is 11.8 Å². The number of nitrogens with one attached hydrogen (secondary N) is 3. The van der Waals surface area contributed by atoms with E-state index in [1.54, 1.807) is 23.6 Å². The van der Waals surface area contributed by atoms with Crippen molar-refractivity contribution in [1.82, 2.24) is 20.9 Å². The summed E-state index contributed by atoms with van der Waals surface area (Å²) >= 11 is 1.81. The molecule has 5 amide bonds. The summed E-state index contributed by atoms with van der Waals surface area (Å²) in [5, 5.41) is 8.89. The zero-order chi connectivity index (χ0) is 36.8. The molecule has 3 heterocycles. The van der Waals surface area contributed by atoms with Gasteiger partial charge in [0.2, 0.25) is 17.7 Å². The summed E-state index contributed by atoms with van der Waals surface area (Å²) in [4.78, 5) is 71.7. The molecule has 0 unspecified atom stereocenters. The number of hydrogen-bond acceptors (Lipinski definition) is 8. The number of anilines is 1. The van der Waals surface area contributed by atoms with Crippen LogP contribution in [0, 0.1) is 0 Å². The van der Waals surface area contributed by atoms with Crippen LogP contribution in [0.3, 0.4) is 0 Å². The summed E-state index contributed by atoms with van der Waals surface area (Å²) in [6.45, 7) is 4.67. The van der Waals surface area contributed by atoms with Gasteiger partial charge >= 0.3 is 12.0 Å². The number of unbranched alkanes of at least 4 members (excludes halogenated alkanes) is 1. The monoisotopic (exact) mass is 732 g/mol. The van der Waals surface area contributed by atoms with Crippen molar-refractivity contribution in [2.45, 2.75) is 88.0 Å². The third-order valence-corrected chi connectivity index (χ3v) is 11.4. The predicted molar refractivity (Wildman–Crippen MR) is 203 cm³/mol. The van der Waals surface area contributed by atoms with Crippen LogP contribution < -0.4 is 20.9 Å². The molecule has 3 aliphatic rings. The van der Waals surface area contributed by atoms with Crippen LogP contribution in [0.4, 0.5) is 10.5 Å². The number of para-hydroxylation sites is 1. The topological polar surface area (TPSA) is 150 Å². The summed E-state index contributed by atoms with van der Waals surface area (Å²) in [5.74, 6) is -0.0243. The van der Waals surface area contributed by atoms with Gasteiger partial charge in [-0.3, -0.25) is 19.3 Å². The molecule has 0 spiro atoms. The van der Waals surface area contributed by atoms with E-state index in [-0.39, 0.29) is 49.2 Å². The molecule has 2 fully saturated rings. The minimum Gasteiger partial charge on any atom is -0.464 e. The SMILES string of the molecule is CCC(=O)N(c1ccccc1)C1(C(=O)OCCCC(=O)NCCNC(=O)CCCC[C@@H]2SCC3=NC(=O)N[C@@H]32)CCN(CCc2ccccc2)CC1.